The first-order chi connectivity index (χ1) is 24.2. The maximum absolute atomic E-state index is 15.3. The molecule has 1 atom stereocenters. The van der Waals surface area contributed by atoms with Gasteiger partial charge in [0.1, 0.15) is 24.2 Å². The van der Waals surface area contributed by atoms with E-state index in [1.807, 2.05) is 36.6 Å². The van der Waals surface area contributed by atoms with Crippen molar-refractivity contribution in [3.63, 3.8) is 0 Å². The van der Waals surface area contributed by atoms with Gasteiger partial charge in [-0.25, -0.2) is 12.8 Å². The monoisotopic (exact) mass is 717 g/mol. The molecule has 5 rings (SSSR count). The van der Waals surface area contributed by atoms with E-state index in [1.165, 1.54) is 34.9 Å². The third-order valence-corrected chi connectivity index (χ3v) is 11.4. The number of nitrogens with one attached hydrogen (secondary N) is 1. The van der Waals surface area contributed by atoms with Crippen LogP contribution in [0.15, 0.2) is 113 Å². The van der Waals surface area contributed by atoms with Crippen molar-refractivity contribution in [1.82, 2.24) is 10.2 Å². The molecule has 1 aliphatic rings. The van der Waals surface area contributed by atoms with Gasteiger partial charge in [-0.3, -0.25) is 13.9 Å². The zero-order chi connectivity index (χ0) is 35.5. The molecule has 1 fully saturated rings. The van der Waals surface area contributed by atoms with Gasteiger partial charge in [-0.1, -0.05) is 79.9 Å². The van der Waals surface area contributed by atoms with E-state index in [1.54, 1.807) is 61.5 Å². The molecule has 0 aliphatic heterocycles. The van der Waals surface area contributed by atoms with Gasteiger partial charge in [0.05, 0.1) is 17.2 Å². The molecular weight excluding hydrogens is 674 g/mol. The lowest BCUT2D eigenvalue weighted by molar-refractivity contribution is -0.140. The number of ether oxygens (including phenoxy) is 1. The van der Waals surface area contributed by atoms with Gasteiger partial charge < -0.3 is 15.0 Å². The molecule has 11 heteroatoms. The number of sulfonamides is 1. The van der Waals surface area contributed by atoms with Gasteiger partial charge in [0.25, 0.3) is 10.0 Å². The van der Waals surface area contributed by atoms with E-state index < -0.39 is 34.3 Å². The Balaban J connectivity index is 1.60. The second-order valence-electron chi connectivity index (χ2n) is 12.3. The number of nitrogens with zero attached hydrogens (tertiary/aromatic N) is 2. The van der Waals surface area contributed by atoms with Crippen molar-refractivity contribution in [2.45, 2.75) is 73.9 Å². The molecule has 2 amide bonds. The van der Waals surface area contributed by atoms with E-state index in [0.717, 1.165) is 46.9 Å². The van der Waals surface area contributed by atoms with E-state index in [9.17, 15) is 18.0 Å². The molecular formula is C39H44FN3O5S2. The van der Waals surface area contributed by atoms with E-state index >= 15 is 4.39 Å². The Morgan fingerprint density at radius 2 is 1.56 bits per heavy atom. The Kier molecular flexibility index (Phi) is 12.9. The van der Waals surface area contributed by atoms with Crippen LogP contribution in [0.5, 0.6) is 5.75 Å². The topological polar surface area (TPSA) is 96.0 Å². The summed E-state index contributed by atoms with van der Waals surface area (Å²) in [7, 11) is -4.34. The first kappa shape index (κ1) is 36.9. The molecule has 4 aromatic rings. The first-order valence-corrected chi connectivity index (χ1v) is 19.6. The Morgan fingerprint density at radius 3 is 2.24 bits per heavy atom. The normalized spacial score (nSPS) is 14.1. The number of halogens is 1. The van der Waals surface area contributed by atoms with Crippen LogP contribution in [-0.2, 0) is 32.6 Å². The van der Waals surface area contributed by atoms with Gasteiger partial charge in [-0.05, 0) is 74.0 Å². The van der Waals surface area contributed by atoms with Crippen molar-refractivity contribution in [2.75, 3.05) is 23.7 Å². The Labute approximate surface area is 299 Å². The SMILES string of the molecule is CCOc1ccccc1N(CC(=O)N(Cc1ccccc1F)C(Cc1ccccc1)C(=O)NC1CCCCC1)S(=O)(=O)c1ccc(SC)cc1. The lowest BCUT2D eigenvalue weighted by atomic mass is 9.94. The number of amides is 2. The molecule has 4 aromatic carbocycles. The van der Waals surface area contributed by atoms with Crippen molar-refractivity contribution in [3.8, 4) is 5.75 Å². The predicted molar refractivity (Wildman–Crippen MR) is 196 cm³/mol. The minimum atomic E-state index is -4.34. The van der Waals surface area contributed by atoms with Crippen LogP contribution in [0.1, 0.15) is 50.2 Å². The van der Waals surface area contributed by atoms with Gasteiger partial charge in [-0.2, -0.15) is 0 Å². The fourth-order valence-corrected chi connectivity index (χ4v) is 8.07. The molecule has 1 unspecified atom stereocenters. The first-order valence-electron chi connectivity index (χ1n) is 17.0. The van der Waals surface area contributed by atoms with E-state index in [0.29, 0.717) is 0 Å². The van der Waals surface area contributed by atoms with Crippen LogP contribution in [-0.4, -0.2) is 56.6 Å². The van der Waals surface area contributed by atoms with Crippen molar-refractivity contribution in [2.24, 2.45) is 0 Å². The summed E-state index contributed by atoms with van der Waals surface area (Å²) in [6, 6.07) is 27.4. The number of hydrogen-bond acceptors (Lipinski definition) is 6. The van der Waals surface area contributed by atoms with Crippen LogP contribution in [0.3, 0.4) is 0 Å². The number of thioether (sulfide) groups is 1. The molecule has 264 valence electrons. The zero-order valence-corrected chi connectivity index (χ0v) is 30.1. The highest BCUT2D eigenvalue weighted by molar-refractivity contribution is 7.98. The van der Waals surface area contributed by atoms with E-state index in [2.05, 4.69) is 5.32 Å². The summed E-state index contributed by atoms with van der Waals surface area (Å²) >= 11 is 1.48. The van der Waals surface area contributed by atoms with Crippen LogP contribution >= 0.6 is 11.8 Å². The summed E-state index contributed by atoms with van der Waals surface area (Å²) < 4.78 is 51.1. The highest BCUT2D eigenvalue weighted by atomic mass is 32.2. The van der Waals surface area contributed by atoms with E-state index in [4.69, 9.17) is 4.74 Å². The number of benzene rings is 4. The quantitative estimate of drug-likeness (QED) is 0.131. The molecule has 50 heavy (non-hydrogen) atoms. The van der Waals surface area contributed by atoms with Gasteiger partial charge >= 0.3 is 0 Å². The predicted octanol–water partition coefficient (Wildman–Crippen LogP) is 7.23. The average Bonchev–Trinajstić information content (AvgIpc) is 3.14. The third kappa shape index (κ3) is 9.25. The lowest BCUT2D eigenvalue weighted by Gasteiger charge is -2.35. The van der Waals surface area contributed by atoms with Crippen LogP contribution in [0.2, 0.25) is 0 Å². The summed E-state index contributed by atoms with van der Waals surface area (Å²) in [5, 5.41) is 3.17. The highest BCUT2D eigenvalue weighted by Crippen LogP contribution is 2.33. The number of carbonyl (C=O) groups is 2. The summed E-state index contributed by atoms with van der Waals surface area (Å²) in [5.41, 5.74) is 1.19. The molecule has 8 nitrogen and oxygen atoms in total. The van der Waals surface area contributed by atoms with Gasteiger partial charge in [-0.15, -0.1) is 11.8 Å². The minimum absolute atomic E-state index is 0.00840. The maximum atomic E-state index is 15.3. The van der Waals surface area contributed by atoms with Crippen molar-refractivity contribution in [1.29, 1.82) is 0 Å². The third-order valence-electron chi connectivity index (χ3n) is 8.88. The molecule has 0 saturated heterocycles. The molecule has 0 bridgehead atoms. The van der Waals surface area contributed by atoms with Crippen LogP contribution in [0, 0.1) is 5.82 Å². The van der Waals surface area contributed by atoms with Gasteiger partial charge in [0.2, 0.25) is 11.8 Å². The molecule has 1 N–H and O–H groups in total. The largest absolute Gasteiger partial charge is 0.492 e. The summed E-state index contributed by atoms with van der Waals surface area (Å²) in [6.07, 6.45) is 6.81. The zero-order valence-electron chi connectivity index (χ0n) is 28.5. The number of carbonyl (C=O) groups excluding carboxylic acids is 2. The van der Waals surface area contributed by atoms with Gasteiger partial charge in [0.15, 0.2) is 0 Å². The van der Waals surface area contributed by atoms with Crippen molar-refractivity contribution < 1.29 is 27.1 Å². The second kappa shape index (κ2) is 17.5. The summed E-state index contributed by atoms with van der Waals surface area (Å²) in [5.74, 6) is -1.27. The lowest BCUT2D eigenvalue weighted by Crippen LogP contribution is -2.55. The smallest absolute Gasteiger partial charge is 0.264 e. The molecule has 1 saturated carbocycles. The summed E-state index contributed by atoms with van der Waals surface area (Å²) in [4.78, 5) is 31.2. The van der Waals surface area contributed by atoms with E-state index in [-0.39, 0.29) is 53.4 Å². The number of para-hydroxylation sites is 2. The minimum Gasteiger partial charge on any atom is -0.492 e. The number of hydrogen-bond donors (Lipinski definition) is 1. The number of anilines is 1. The summed E-state index contributed by atoms with van der Waals surface area (Å²) in [6.45, 7) is 1.15. The maximum Gasteiger partial charge on any atom is 0.264 e. The molecule has 0 heterocycles. The molecule has 0 spiro atoms. The van der Waals surface area contributed by atoms with Crippen LogP contribution in [0.4, 0.5) is 10.1 Å². The van der Waals surface area contributed by atoms with Crippen molar-refractivity contribution >= 4 is 39.3 Å². The fourth-order valence-electron chi connectivity index (χ4n) is 6.24. The highest BCUT2D eigenvalue weighted by Gasteiger charge is 2.36. The second-order valence-corrected chi connectivity index (χ2v) is 15.0. The van der Waals surface area contributed by atoms with Gasteiger partial charge in [0, 0.05) is 29.5 Å². The average molecular weight is 718 g/mol. The Hall–Kier alpha value is -4.35. The van der Waals surface area contributed by atoms with Crippen LogP contribution < -0.4 is 14.4 Å². The fraction of sp³-hybridized carbons (Fsp3) is 0.333. The number of rotatable bonds is 15. The van der Waals surface area contributed by atoms with Crippen molar-refractivity contribution in [3.05, 3.63) is 120 Å². The molecule has 0 radical (unpaired) electrons. The Morgan fingerprint density at radius 1 is 0.900 bits per heavy atom. The molecule has 0 aromatic heterocycles. The Bertz CT molecular complexity index is 1830. The standard InChI is InChI=1S/C39H44FN3O5S2/c1-3-48-37-21-13-12-20-35(37)43(50(46,47)33-24-22-32(49-2)23-25-33)28-38(44)42(27-30-16-10-11-19-34(30)40)36(26-29-14-6-4-7-15-29)39(45)41-31-17-8-5-9-18-31/h4,6-7,10-16,19-25,31,36H,3,5,8-9,17-18,26-28H2,1-2H3,(H,41,45). The molecule has 1 aliphatic carbocycles. The van der Waals surface area contributed by atoms with Crippen LogP contribution in [0.25, 0.3) is 0 Å².